The van der Waals surface area contributed by atoms with Gasteiger partial charge in [0.1, 0.15) is 17.2 Å². The number of hydrogen-bond donors (Lipinski definition) is 1. The zero-order valence-electron chi connectivity index (χ0n) is 13.4. The second-order valence-electron chi connectivity index (χ2n) is 5.85. The summed E-state index contributed by atoms with van der Waals surface area (Å²) in [6, 6.07) is 5.37. The number of nitrogens with zero attached hydrogens (tertiary/aromatic N) is 1. The Morgan fingerprint density at radius 3 is 2.68 bits per heavy atom. The molecule has 1 heterocycles. The molecule has 6 heteroatoms. The second kappa shape index (κ2) is 6.87. The Hall–Kier alpha value is -1.95. The van der Waals surface area contributed by atoms with Crippen LogP contribution in [0, 0.1) is 11.8 Å². The van der Waals surface area contributed by atoms with E-state index in [2.05, 4.69) is 13.8 Å². The van der Waals surface area contributed by atoms with Gasteiger partial charge in [-0.1, -0.05) is 13.8 Å². The summed E-state index contributed by atoms with van der Waals surface area (Å²) in [6.45, 7) is 4.68. The van der Waals surface area contributed by atoms with Gasteiger partial charge in [-0.25, -0.2) is 9.86 Å². The van der Waals surface area contributed by atoms with E-state index in [-0.39, 0.29) is 5.92 Å². The third-order valence-electron chi connectivity index (χ3n) is 3.74. The molecule has 2 rings (SSSR count). The minimum atomic E-state index is -0.930. The van der Waals surface area contributed by atoms with Crippen molar-refractivity contribution in [2.45, 2.75) is 26.4 Å². The first-order chi connectivity index (χ1) is 10.5. The van der Waals surface area contributed by atoms with Gasteiger partial charge >= 0.3 is 5.97 Å². The van der Waals surface area contributed by atoms with Crippen molar-refractivity contribution in [3.63, 3.8) is 0 Å². The monoisotopic (exact) mass is 309 g/mol. The zero-order valence-corrected chi connectivity index (χ0v) is 13.4. The van der Waals surface area contributed by atoms with Crippen LogP contribution in [0.25, 0.3) is 0 Å². The maximum absolute atomic E-state index is 11.4. The largest absolute Gasteiger partial charge is 0.497 e. The Bertz CT molecular complexity index is 531. The van der Waals surface area contributed by atoms with E-state index in [4.69, 9.17) is 14.3 Å². The van der Waals surface area contributed by atoms with Gasteiger partial charge in [0, 0.05) is 12.0 Å². The van der Waals surface area contributed by atoms with Crippen LogP contribution in [0.1, 0.15) is 20.3 Å². The van der Waals surface area contributed by atoms with Gasteiger partial charge in [-0.15, -0.1) is 0 Å². The fourth-order valence-electron chi connectivity index (χ4n) is 2.77. The third-order valence-corrected chi connectivity index (χ3v) is 3.74. The SMILES string of the molecule is COc1ccc(N2CC(CC(C)C)C(C(=O)O)O2)c(OC)c1. The van der Waals surface area contributed by atoms with Crippen LogP contribution in [0.5, 0.6) is 11.5 Å². The van der Waals surface area contributed by atoms with E-state index in [1.165, 1.54) is 0 Å². The molecule has 1 N–H and O–H groups in total. The highest BCUT2D eigenvalue weighted by Crippen LogP contribution is 2.37. The smallest absolute Gasteiger partial charge is 0.335 e. The van der Waals surface area contributed by atoms with Crippen molar-refractivity contribution in [2.75, 3.05) is 25.8 Å². The molecule has 22 heavy (non-hydrogen) atoms. The number of carbonyl (C=O) groups is 1. The normalized spacial score (nSPS) is 21.2. The highest BCUT2D eigenvalue weighted by Gasteiger charge is 2.40. The molecule has 1 saturated heterocycles. The molecule has 122 valence electrons. The predicted molar refractivity (Wildman–Crippen MR) is 82.3 cm³/mol. The van der Waals surface area contributed by atoms with Gasteiger partial charge in [0.25, 0.3) is 0 Å². The minimum absolute atomic E-state index is 0.0516. The molecule has 1 aromatic rings. The molecular formula is C16H23NO5. The van der Waals surface area contributed by atoms with Gasteiger partial charge in [0.2, 0.25) is 0 Å². The Morgan fingerprint density at radius 1 is 1.41 bits per heavy atom. The Labute approximate surface area is 130 Å². The van der Waals surface area contributed by atoms with E-state index < -0.39 is 12.1 Å². The quantitative estimate of drug-likeness (QED) is 0.871. The fraction of sp³-hybridized carbons (Fsp3) is 0.562. The van der Waals surface area contributed by atoms with E-state index in [1.54, 1.807) is 31.4 Å². The van der Waals surface area contributed by atoms with Crippen molar-refractivity contribution in [1.82, 2.24) is 0 Å². The standard InChI is InChI=1S/C16H23NO5/c1-10(2)7-11-9-17(22-15(11)16(18)19)13-6-5-12(20-3)8-14(13)21-4/h5-6,8,10-11,15H,7,9H2,1-4H3,(H,18,19). The number of hydroxylamine groups is 1. The number of rotatable bonds is 6. The summed E-state index contributed by atoms with van der Waals surface area (Å²) in [7, 11) is 3.15. The maximum atomic E-state index is 11.4. The maximum Gasteiger partial charge on any atom is 0.335 e. The average molecular weight is 309 g/mol. The molecule has 0 saturated carbocycles. The van der Waals surface area contributed by atoms with Crippen LogP contribution in [-0.4, -0.2) is 37.9 Å². The highest BCUT2D eigenvalue weighted by molar-refractivity contribution is 5.74. The molecule has 1 aliphatic rings. The zero-order chi connectivity index (χ0) is 16.3. The Balaban J connectivity index is 2.24. The lowest BCUT2D eigenvalue weighted by Crippen LogP contribution is -2.28. The first-order valence-electron chi connectivity index (χ1n) is 7.35. The van der Waals surface area contributed by atoms with Crippen LogP contribution in [0.2, 0.25) is 0 Å². The van der Waals surface area contributed by atoms with Crippen molar-refractivity contribution < 1.29 is 24.2 Å². The predicted octanol–water partition coefficient (Wildman–Crippen LogP) is 2.57. The molecule has 0 aliphatic carbocycles. The molecule has 1 aromatic carbocycles. The van der Waals surface area contributed by atoms with Gasteiger partial charge in [-0.3, -0.25) is 4.84 Å². The molecule has 2 unspecified atom stereocenters. The van der Waals surface area contributed by atoms with Crippen LogP contribution in [0.15, 0.2) is 18.2 Å². The molecule has 0 amide bonds. The number of aliphatic carboxylic acids is 1. The number of carboxylic acids is 1. The Kier molecular flexibility index (Phi) is 5.13. The van der Waals surface area contributed by atoms with Gasteiger partial charge in [-0.2, -0.15) is 0 Å². The highest BCUT2D eigenvalue weighted by atomic mass is 16.7. The van der Waals surface area contributed by atoms with Gasteiger partial charge < -0.3 is 14.6 Å². The number of carboxylic acid groups (broad SMARTS) is 1. The summed E-state index contributed by atoms with van der Waals surface area (Å²) < 4.78 is 10.5. The van der Waals surface area contributed by atoms with Crippen molar-refractivity contribution in [1.29, 1.82) is 0 Å². The molecule has 1 aliphatic heterocycles. The lowest BCUT2D eigenvalue weighted by molar-refractivity contribution is -0.150. The molecular weight excluding hydrogens is 286 g/mol. The van der Waals surface area contributed by atoms with Crippen LogP contribution in [0.4, 0.5) is 5.69 Å². The van der Waals surface area contributed by atoms with E-state index >= 15 is 0 Å². The molecule has 0 bridgehead atoms. The molecule has 6 nitrogen and oxygen atoms in total. The number of hydrogen-bond acceptors (Lipinski definition) is 5. The summed E-state index contributed by atoms with van der Waals surface area (Å²) in [5.41, 5.74) is 0.709. The molecule has 0 radical (unpaired) electrons. The molecule has 2 atom stereocenters. The number of anilines is 1. The van der Waals surface area contributed by atoms with Crippen molar-refractivity contribution in [3.8, 4) is 11.5 Å². The summed E-state index contributed by atoms with van der Waals surface area (Å²) in [5, 5.41) is 11.0. The van der Waals surface area contributed by atoms with E-state index in [0.29, 0.717) is 29.6 Å². The van der Waals surface area contributed by atoms with E-state index in [1.807, 2.05) is 6.07 Å². The van der Waals surface area contributed by atoms with Gasteiger partial charge in [-0.05, 0) is 24.5 Å². The lowest BCUT2D eigenvalue weighted by Gasteiger charge is -2.20. The van der Waals surface area contributed by atoms with E-state index in [0.717, 1.165) is 6.42 Å². The topological polar surface area (TPSA) is 68.2 Å². The molecule has 0 spiro atoms. The Morgan fingerprint density at radius 2 is 2.14 bits per heavy atom. The lowest BCUT2D eigenvalue weighted by atomic mass is 9.93. The first kappa shape index (κ1) is 16.4. The number of benzene rings is 1. The van der Waals surface area contributed by atoms with Gasteiger partial charge in [0.15, 0.2) is 6.10 Å². The average Bonchev–Trinajstić information content (AvgIpc) is 2.89. The van der Waals surface area contributed by atoms with Crippen molar-refractivity contribution in [3.05, 3.63) is 18.2 Å². The summed E-state index contributed by atoms with van der Waals surface area (Å²) >= 11 is 0. The van der Waals surface area contributed by atoms with Crippen LogP contribution in [-0.2, 0) is 9.63 Å². The van der Waals surface area contributed by atoms with Crippen LogP contribution < -0.4 is 14.5 Å². The number of ether oxygens (including phenoxy) is 2. The van der Waals surface area contributed by atoms with Crippen LogP contribution in [0.3, 0.4) is 0 Å². The summed E-state index contributed by atoms with van der Waals surface area (Å²) in [5.74, 6) is 0.695. The van der Waals surface area contributed by atoms with Crippen molar-refractivity contribution in [2.24, 2.45) is 11.8 Å². The number of methoxy groups -OCH3 is 2. The van der Waals surface area contributed by atoms with Crippen LogP contribution >= 0.6 is 0 Å². The fourth-order valence-corrected chi connectivity index (χ4v) is 2.77. The molecule has 1 fully saturated rings. The second-order valence-corrected chi connectivity index (χ2v) is 5.85. The molecule has 0 aromatic heterocycles. The minimum Gasteiger partial charge on any atom is -0.497 e. The van der Waals surface area contributed by atoms with E-state index in [9.17, 15) is 9.90 Å². The third kappa shape index (κ3) is 3.44. The van der Waals surface area contributed by atoms with Crippen molar-refractivity contribution >= 4 is 11.7 Å². The first-order valence-corrected chi connectivity index (χ1v) is 7.35. The summed E-state index contributed by atoms with van der Waals surface area (Å²) in [6.07, 6.45) is -0.0273. The summed E-state index contributed by atoms with van der Waals surface area (Å²) in [4.78, 5) is 17.1. The van der Waals surface area contributed by atoms with Gasteiger partial charge in [0.05, 0.1) is 20.8 Å².